The van der Waals surface area contributed by atoms with Gasteiger partial charge in [0.05, 0.1) is 29.6 Å². The summed E-state index contributed by atoms with van der Waals surface area (Å²) >= 11 is 0. The fraction of sp³-hybridized carbons (Fsp3) is 0.150. The molecule has 0 spiro atoms. The first-order chi connectivity index (χ1) is 13.1. The zero-order valence-electron chi connectivity index (χ0n) is 14.6. The lowest BCUT2D eigenvalue weighted by atomic mass is 9.93. The molecule has 2 N–H and O–H groups in total. The summed E-state index contributed by atoms with van der Waals surface area (Å²) < 4.78 is 5.20. The Morgan fingerprint density at radius 1 is 1.07 bits per heavy atom. The first-order valence-corrected chi connectivity index (χ1v) is 8.59. The SMILES string of the molecule is CCOC(=O)C1=C2C(=O)Nc3ccccc3N2C(=O)NC1c1ccccc1. The maximum Gasteiger partial charge on any atom is 0.338 e. The number of para-hydroxylation sites is 2. The lowest BCUT2D eigenvalue weighted by Crippen LogP contribution is -2.53. The number of fused-ring (bicyclic) bond motifs is 3. The van der Waals surface area contributed by atoms with Gasteiger partial charge in [-0.15, -0.1) is 0 Å². The van der Waals surface area contributed by atoms with E-state index in [2.05, 4.69) is 10.6 Å². The average molecular weight is 363 g/mol. The quantitative estimate of drug-likeness (QED) is 0.821. The molecule has 0 aromatic heterocycles. The standard InChI is InChI=1S/C20H17N3O4/c1-2-27-19(25)15-16(12-8-4-3-5-9-12)22-20(26)23-14-11-7-6-10-13(14)21-18(24)17(15)23/h3-11,16H,2H2,1H3,(H,21,24)(H,22,26). The van der Waals surface area contributed by atoms with E-state index in [1.54, 1.807) is 55.5 Å². The van der Waals surface area contributed by atoms with Crippen molar-refractivity contribution in [3.05, 3.63) is 71.4 Å². The van der Waals surface area contributed by atoms with E-state index in [9.17, 15) is 14.4 Å². The molecule has 2 aromatic rings. The number of hydrogen-bond donors (Lipinski definition) is 2. The molecule has 7 nitrogen and oxygen atoms in total. The van der Waals surface area contributed by atoms with Crippen molar-refractivity contribution in [3.63, 3.8) is 0 Å². The summed E-state index contributed by atoms with van der Waals surface area (Å²) in [6, 6.07) is 14.7. The Morgan fingerprint density at radius 2 is 1.78 bits per heavy atom. The van der Waals surface area contributed by atoms with Gasteiger partial charge in [0.2, 0.25) is 0 Å². The summed E-state index contributed by atoms with van der Waals surface area (Å²) in [7, 11) is 0. The van der Waals surface area contributed by atoms with Crippen molar-refractivity contribution >= 4 is 29.3 Å². The molecule has 2 aliphatic heterocycles. The van der Waals surface area contributed by atoms with Gasteiger partial charge in [0, 0.05) is 0 Å². The fourth-order valence-electron chi connectivity index (χ4n) is 3.35. The molecule has 1 atom stereocenters. The second-order valence-corrected chi connectivity index (χ2v) is 6.08. The molecular formula is C20H17N3O4. The molecule has 0 fully saturated rings. The van der Waals surface area contributed by atoms with Crippen LogP contribution < -0.4 is 15.5 Å². The third-order valence-electron chi connectivity index (χ3n) is 4.47. The maximum absolute atomic E-state index is 12.9. The van der Waals surface area contributed by atoms with Crippen LogP contribution in [0.2, 0.25) is 0 Å². The van der Waals surface area contributed by atoms with Crippen LogP contribution in [0.5, 0.6) is 0 Å². The summed E-state index contributed by atoms with van der Waals surface area (Å²) in [4.78, 5) is 39.7. The van der Waals surface area contributed by atoms with E-state index in [1.165, 1.54) is 4.90 Å². The molecule has 0 aliphatic carbocycles. The van der Waals surface area contributed by atoms with E-state index in [1.807, 2.05) is 6.07 Å². The molecule has 0 radical (unpaired) electrons. The normalized spacial score (nSPS) is 18.3. The van der Waals surface area contributed by atoms with E-state index in [-0.39, 0.29) is 17.9 Å². The maximum atomic E-state index is 12.9. The smallest absolute Gasteiger partial charge is 0.338 e. The van der Waals surface area contributed by atoms with Gasteiger partial charge in [0.15, 0.2) is 0 Å². The predicted molar refractivity (Wildman–Crippen MR) is 98.9 cm³/mol. The molecule has 1 unspecified atom stereocenters. The highest BCUT2D eigenvalue weighted by Gasteiger charge is 2.44. The number of amides is 3. The molecule has 0 saturated heterocycles. The Morgan fingerprint density at radius 3 is 2.52 bits per heavy atom. The van der Waals surface area contributed by atoms with E-state index in [4.69, 9.17) is 4.74 Å². The minimum Gasteiger partial charge on any atom is -0.463 e. The van der Waals surface area contributed by atoms with Crippen molar-refractivity contribution in [2.24, 2.45) is 0 Å². The fourth-order valence-corrected chi connectivity index (χ4v) is 3.35. The van der Waals surface area contributed by atoms with Crippen LogP contribution in [0.1, 0.15) is 18.5 Å². The molecular weight excluding hydrogens is 346 g/mol. The first kappa shape index (κ1) is 16.8. The van der Waals surface area contributed by atoms with Gasteiger partial charge in [-0.1, -0.05) is 42.5 Å². The van der Waals surface area contributed by atoms with Crippen LogP contribution in [-0.2, 0) is 14.3 Å². The number of anilines is 2. The summed E-state index contributed by atoms with van der Waals surface area (Å²) in [6.07, 6.45) is 0. The predicted octanol–water partition coefficient (Wildman–Crippen LogP) is 2.73. The van der Waals surface area contributed by atoms with Crippen LogP contribution in [0, 0.1) is 0 Å². The van der Waals surface area contributed by atoms with E-state index in [0.717, 1.165) is 0 Å². The highest BCUT2D eigenvalue weighted by Crippen LogP contribution is 2.40. The number of esters is 1. The molecule has 2 heterocycles. The van der Waals surface area contributed by atoms with Gasteiger partial charge in [-0.2, -0.15) is 0 Å². The van der Waals surface area contributed by atoms with Crippen LogP contribution in [0.4, 0.5) is 16.2 Å². The number of ether oxygens (including phenoxy) is 1. The van der Waals surface area contributed by atoms with Crippen LogP contribution in [0.25, 0.3) is 0 Å². The topological polar surface area (TPSA) is 87.7 Å². The molecule has 4 rings (SSSR count). The molecule has 27 heavy (non-hydrogen) atoms. The lowest BCUT2D eigenvalue weighted by molar-refractivity contribution is -0.139. The van der Waals surface area contributed by atoms with Gasteiger partial charge in [0.1, 0.15) is 5.70 Å². The molecule has 3 amide bonds. The van der Waals surface area contributed by atoms with Crippen LogP contribution in [0.15, 0.2) is 65.9 Å². The molecule has 2 aromatic carbocycles. The Kier molecular flexibility index (Phi) is 4.12. The highest BCUT2D eigenvalue weighted by molar-refractivity contribution is 6.23. The summed E-state index contributed by atoms with van der Waals surface area (Å²) in [5, 5.41) is 5.58. The van der Waals surface area contributed by atoms with Crippen molar-refractivity contribution in [1.82, 2.24) is 5.32 Å². The molecule has 136 valence electrons. The zero-order chi connectivity index (χ0) is 19.0. The van der Waals surface area contributed by atoms with E-state index < -0.39 is 23.9 Å². The first-order valence-electron chi connectivity index (χ1n) is 8.59. The highest BCUT2D eigenvalue weighted by atomic mass is 16.5. The largest absolute Gasteiger partial charge is 0.463 e. The van der Waals surface area contributed by atoms with Crippen molar-refractivity contribution in [3.8, 4) is 0 Å². The van der Waals surface area contributed by atoms with Crippen molar-refractivity contribution < 1.29 is 19.1 Å². The summed E-state index contributed by atoms with van der Waals surface area (Å²) in [5.74, 6) is -1.16. The third kappa shape index (κ3) is 2.73. The van der Waals surface area contributed by atoms with Gasteiger partial charge in [-0.25, -0.2) is 9.59 Å². The summed E-state index contributed by atoms with van der Waals surface area (Å²) in [5.41, 5.74) is 1.78. The number of hydrogen-bond acceptors (Lipinski definition) is 4. The van der Waals surface area contributed by atoms with Gasteiger partial charge >= 0.3 is 12.0 Å². The number of rotatable bonds is 3. The van der Waals surface area contributed by atoms with E-state index >= 15 is 0 Å². The van der Waals surface area contributed by atoms with Crippen molar-refractivity contribution in [2.75, 3.05) is 16.8 Å². The van der Waals surface area contributed by atoms with Crippen LogP contribution in [-0.4, -0.2) is 24.5 Å². The molecule has 2 aliphatic rings. The van der Waals surface area contributed by atoms with Gasteiger partial charge in [-0.3, -0.25) is 9.69 Å². The molecule has 7 heteroatoms. The number of nitrogens with zero attached hydrogens (tertiary/aromatic N) is 1. The van der Waals surface area contributed by atoms with Crippen molar-refractivity contribution in [1.29, 1.82) is 0 Å². The monoisotopic (exact) mass is 363 g/mol. The Hall–Kier alpha value is -3.61. The molecule has 0 saturated carbocycles. The Labute approximate surface area is 155 Å². The third-order valence-corrected chi connectivity index (χ3v) is 4.47. The van der Waals surface area contributed by atoms with Crippen molar-refractivity contribution in [2.45, 2.75) is 13.0 Å². The number of carbonyl (C=O) groups excluding carboxylic acids is 3. The van der Waals surface area contributed by atoms with Crippen LogP contribution in [0.3, 0.4) is 0 Å². The molecule has 0 bridgehead atoms. The minimum absolute atomic E-state index is 0.00949. The number of carbonyl (C=O) groups is 3. The van der Waals surface area contributed by atoms with Gasteiger partial charge in [0.25, 0.3) is 5.91 Å². The minimum atomic E-state index is -0.778. The van der Waals surface area contributed by atoms with Crippen LogP contribution >= 0.6 is 0 Å². The number of benzene rings is 2. The summed E-state index contributed by atoms with van der Waals surface area (Å²) in [6.45, 7) is 1.85. The average Bonchev–Trinajstić information content (AvgIpc) is 2.68. The Bertz CT molecular complexity index is 968. The van der Waals surface area contributed by atoms with Gasteiger partial charge < -0.3 is 15.4 Å². The van der Waals surface area contributed by atoms with E-state index in [0.29, 0.717) is 16.9 Å². The number of nitrogens with one attached hydrogen (secondary N) is 2. The Balaban J connectivity index is 1.95. The second-order valence-electron chi connectivity index (χ2n) is 6.08. The zero-order valence-corrected chi connectivity index (χ0v) is 14.6. The number of urea groups is 1. The lowest BCUT2D eigenvalue weighted by Gasteiger charge is -2.38. The second kappa shape index (κ2) is 6.60. The van der Waals surface area contributed by atoms with Gasteiger partial charge in [-0.05, 0) is 24.6 Å².